The van der Waals surface area contributed by atoms with E-state index < -0.39 is 0 Å². The lowest BCUT2D eigenvalue weighted by atomic mass is 10.1. The first-order valence-corrected chi connectivity index (χ1v) is 6.66. The lowest BCUT2D eigenvalue weighted by Crippen LogP contribution is -2.32. The van der Waals surface area contributed by atoms with Gasteiger partial charge in [0.25, 0.3) is 5.91 Å². The molecule has 0 aliphatic carbocycles. The van der Waals surface area contributed by atoms with Crippen molar-refractivity contribution < 1.29 is 9.53 Å². The first-order valence-electron chi connectivity index (χ1n) is 6.28. The summed E-state index contributed by atoms with van der Waals surface area (Å²) in [5, 5.41) is 6.58. The van der Waals surface area contributed by atoms with E-state index in [0.717, 1.165) is 19.5 Å². The van der Waals surface area contributed by atoms with E-state index in [9.17, 15) is 4.79 Å². The van der Waals surface area contributed by atoms with E-state index in [1.807, 2.05) is 12.1 Å². The second-order valence-electron chi connectivity index (χ2n) is 4.31. The number of rotatable bonds is 5. The number of para-hydroxylation sites is 1. The zero-order valence-electron chi connectivity index (χ0n) is 11.0. The summed E-state index contributed by atoms with van der Waals surface area (Å²) in [5.41, 5.74) is 1.25. The Morgan fingerprint density at radius 2 is 2.20 bits per heavy atom. The lowest BCUT2D eigenvalue weighted by Gasteiger charge is -2.14. The van der Waals surface area contributed by atoms with Crippen LogP contribution in [-0.2, 0) is 4.79 Å². The Balaban J connectivity index is 0.00000200. The highest BCUT2D eigenvalue weighted by Crippen LogP contribution is 2.22. The van der Waals surface area contributed by atoms with Gasteiger partial charge in [-0.15, -0.1) is 12.4 Å². The predicted octanol–water partition coefficient (Wildman–Crippen LogP) is 2.18. The van der Waals surface area contributed by atoms with Gasteiger partial charge < -0.3 is 15.4 Å². The number of hydrogen-bond donors (Lipinski definition) is 2. The molecule has 0 spiro atoms. The zero-order valence-corrected chi connectivity index (χ0v) is 12.6. The summed E-state index contributed by atoms with van der Waals surface area (Å²) in [6.45, 7) is 2.42. The van der Waals surface area contributed by atoms with Crippen molar-refractivity contribution in [3.05, 3.63) is 40.9 Å². The first-order chi connectivity index (χ1) is 9.25. The molecule has 0 atom stereocenters. The Labute approximate surface area is 129 Å². The molecule has 0 unspecified atom stereocenters. The van der Waals surface area contributed by atoms with Gasteiger partial charge in [0.1, 0.15) is 5.75 Å². The Bertz CT molecular complexity index is 478. The van der Waals surface area contributed by atoms with E-state index in [4.69, 9.17) is 16.3 Å². The van der Waals surface area contributed by atoms with Crippen LogP contribution in [0.2, 0.25) is 5.02 Å². The summed E-state index contributed by atoms with van der Waals surface area (Å²) in [5.74, 6) is 0.389. The van der Waals surface area contributed by atoms with Crippen LogP contribution < -0.4 is 15.4 Å². The number of halogens is 2. The van der Waals surface area contributed by atoms with Gasteiger partial charge in [0, 0.05) is 13.1 Å². The average Bonchev–Trinajstić information content (AvgIpc) is 2.45. The number of hydrogen-bond acceptors (Lipinski definition) is 3. The van der Waals surface area contributed by atoms with Crippen molar-refractivity contribution in [1.29, 1.82) is 0 Å². The summed E-state index contributed by atoms with van der Waals surface area (Å²) < 4.78 is 5.36. The van der Waals surface area contributed by atoms with E-state index in [1.54, 1.807) is 12.1 Å². The molecular weight excluding hydrogens is 299 g/mol. The summed E-state index contributed by atoms with van der Waals surface area (Å²) >= 11 is 5.93. The molecular formula is C14H18Cl2N2O2. The third-order valence-electron chi connectivity index (χ3n) is 2.87. The van der Waals surface area contributed by atoms with Crippen molar-refractivity contribution in [1.82, 2.24) is 10.6 Å². The molecule has 1 aliphatic rings. The molecule has 4 nitrogen and oxygen atoms in total. The van der Waals surface area contributed by atoms with Crippen LogP contribution >= 0.6 is 24.0 Å². The maximum atomic E-state index is 11.6. The van der Waals surface area contributed by atoms with E-state index in [-0.39, 0.29) is 24.9 Å². The SMILES string of the molecule is Cl.O=C(COc1ccccc1Cl)NCC1=CCNCC1. The molecule has 0 saturated carbocycles. The van der Waals surface area contributed by atoms with Gasteiger partial charge in [-0.3, -0.25) is 4.79 Å². The van der Waals surface area contributed by atoms with Crippen molar-refractivity contribution >= 4 is 29.9 Å². The Morgan fingerprint density at radius 1 is 1.40 bits per heavy atom. The molecule has 2 rings (SSSR count). The average molecular weight is 317 g/mol. The van der Waals surface area contributed by atoms with Gasteiger partial charge >= 0.3 is 0 Å². The van der Waals surface area contributed by atoms with Crippen LogP contribution in [0.1, 0.15) is 6.42 Å². The van der Waals surface area contributed by atoms with Crippen LogP contribution in [0.4, 0.5) is 0 Å². The minimum absolute atomic E-state index is 0. The number of benzene rings is 1. The van der Waals surface area contributed by atoms with Crippen LogP contribution in [0.5, 0.6) is 5.75 Å². The molecule has 1 aliphatic heterocycles. The predicted molar refractivity (Wildman–Crippen MR) is 82.8 cm³/mol. The van der Waals surface area contributed by atoms with Gasteiger partial charge in [0.15, 0.2) is 6.61 Å². The number of carbonyl (C=O) groups excluding carboxylic acids is 1. The number of amides is 1. The summed E-state index contributed by atoms with van der Waals surface area (Å²) in [7, 11) is 0. The molecule has 20 heavy (non-hydrogen) atoms. The largest absolute Gasteiger partial charge is 0.482 e. The fourth-order valence-electron chi connectivity index (χ4n) is 1.80. The lowest BCUT2D eigenvalue weighted by molar-refractivity contribution is -0.122. The van der Waals surface area contributed by atoms with Crippen LogP contribution in [0.15, 0.2) is 35.9 Å². The van der Waals surface area contributed by atoms with Crippen molar-refractivity contribution in [2.75, 3.05) is 26.2 Å². The molecule has 0 fully saturated rings. The quantitative estimate of drug-likeness (QED) is 0.819. The van der Waals surface area contributed by atoms with Crippen molar-refractivity contribution in [3.8, 4) is 5.75 Å². The third-order valence-corrected chi connectivity index (χ3v) is 3.18. The number of nitrogens with one attached hydrogen (secondary N) is 2. The highest BCUT2D eigenvalue weighted by Gasteiger charge is 2.07. The van der Waals surface area contributed by atoms with Crippen molar-refractivity contribution in [2.45, 2.75) is 6.42 Å². The van der Waals surface area contributed by atoms with Gasteiger partial charge in [-0.05, 0) is 25.1 Å². The summed E-state index contributed by atoms with van der Waals surface area (Å²) in [4.78, 5) is 11.6. The fourth-order valence-corrected chi connectivity index (χ4v) is 1.99. The van der Waals surface area contributed by atoms with Crippen molar-refractivity contribution in [2.24, 2.45) is 0 Å². The van der Waals surface area contributed by atoms with E-state index in [2.05, 4.69) is 16.7 Å². The van der Waals surface area contributed by atoms with Gasteiger partial charge in [-0.2, -0.15) is 0 Å². The minimum atomic E-state index is -0.139. The maximum Gasteiger partial charge on any atom is 0.258 e. The van der Waals surface area contributed by atoms with E-state index in [1.165, 1.54) is 5.57 Å². The summed E-state index contributed by atoms with van der Waals surface area (Å²) in [6, 6.07) is 7.11. The third kappa shape index (κ3) is 5.41. The Morgan fingerprint density at radius 3 is 2.90 bits per heavy atom. The molecule has 0 saturated heterocycles. The smallest absolute Gasteiger partial charge is 0.258 e. The molecule has 1 amide bonds. The van der Waals surface area contributed by atoms with E-state index >= 15 is 0 Å². The molecule has 1 aromatic carbocycles. The minimum Gasteiger partial charge on any atom is -0.482 e. The molecule has 1 aromatic rings. The maximum absolute atomic E-state index is 11.6. The Kier molecular flexibility index (Phi) is 7.44. The summed E-state index contributed by atoms with van der Waals surface area (Å²) in [6.07, 6.45) is 3.09. The molecule has 1 heterocycles. The van der Waals surface area contributed by atoms with Crippen LogP contribution in [0, 0.1) is 0 Å². The van der Waals surface area contributed by atoms with Crippen LogP contribution in [0.3, 0.4) is 0 Å². The number of carbonyl (C=O) groups is 1. The van der Waals surface area contributed by atoms with Gasteiger partial charge in [0.2, 0.25) is 0 Å². The molecule has 2 N–H and O–H groups in total. The second-order valence-corrected chi connectivity index (χ2v) is 4.72. The Hall–Kier alpha value is -1.23. The highest BCUT2D eigenvalue weighted by molar-refractivity contribution is 6.32. The van der Waals surface area contributed by atoms with Crippen LogP contribution in [-0.4, -0.2) is 32.1 Å². The van der Waals surface area contributed by atoms with Gasteiger partial charge in [0.05, 0.1) is 5.02 Å². The molecule has 6 heteroatoms. The highest BCUT2D eigenvalue weighted by atomic mass is 35.5. The monoisotopic (exact) mass is 316 g/mol. The van der Waals surface area contributed by atoms with Gasteiger partial charge in [-0.1, -0.05) is 35.4 Å². The number of ether oxygens (including phenoxy) is 1. The second kappa shape index (κ2) is 8.84. The van der Waals surface area contributed by atoms with Crippen molar-refractivity contribution in [3.63, 3.8) is 0 Å². The van der Waals surface area contributed by atoms with Gasteiger partial charge in [-0.25, -0.2) is 0 Å². The molecule has 0 bridgehead atoms. The fraction of sp³-hybridized carbons (Fsp3) is 0.357. The zero-order chi connectivity index (χ0) is 13.5. The standard InChI is InChI=1S/C14H17ClN2O2.ClH/c15-12-3-1-2-4-13(12)19-10-14(18)17-9-11-5-7-16-8-6-11;/h1-5,16H,6-10H2,(H,17,18);1H. The first kappa shape index (κ1) is 16.8. The molecule has 0 aromatic heterocycles. The normalized spacial score (nSPS) is 13.9. The van der Waals surface area contributed by atoms with E-state index in [0.29, 0.717) is 17.3 Å². The molecule has 110 valence electrons. The molecule has 0 radical (unpaired) electrons. The van der Waals surface area contributed by atoms with Crippen LogP contribution in [0.25, 0.3) is 0 Å². The topological polar surface area (TPSA) is 50.4 Å².